The SMILES string of the molecule is CCNC(C)(C)C(=O)NCCc1ccc(F)cc1C. The molecular formula is C15H23FN2O. The third-order valence-corrected chi connectivity index (χ3v) is 3.17. The fraction of sp³-hybridized carbons (Fsp3) is 0.533. The van der Waals surface area contributed by atoms with E-state index in [2.05, 4.69) is 10.6 Å². The first-order valence-electron chi connectivity index (χ1n) is 6.65. The predicted molar refractivity (Wildman–Crippen MR) is 75.6 cm³/mol. The largest absolute Gasteiger partial charge is 0.354 e. The Morgan fingerprint density at radius 1 is 1.37 bits per heavy atom. The topological polar surface area (TPSA) is 41.1 Å². The summed E-state index contributed by atoms with van der Waals surface area (Å²) < 4.78 is 13.0. The van der Waals surface area contributed by atoms with E-state index in [1.54, 1.807) is 6.07 Å². The molecular weight excluding hydrogens is 243 g/mol. The Labute approximate surface area is 114 Å². The van der Waals surface area contributed by atoms with Crippen LogP contribution in [0.15, 0.2) is 18.2 Å². The van der Waals surface area contributed by atoms with Gasteiger partial charge in [0.05, 0.1) is 5.54 Å². The van der Waals surface area contributed by atoms with E-state index >= 15 is 0 Å². The maximum atomic E-state index is 13.0. The molecule has 0 heterocycles. The van der Waals surface area contributed by atoms with Crippen molar-refractivity contribution in [2.75, 3.05) is 13.1 Å². The van der Waals surface area contributed by atoms with Crippen molar-refractivity contribution in [3.8, 4) is 0 Å². The predicted octanol–water partition coefficient (Wildman–Crippen LogP) is 2.18. The summed E-state index contributed by atoms with van der Waals surface area (Å²) in [5.74, 6) is -0.243. The number of hydrogen-bond donors (Lipinski definition) is 2. The van der Waals surface area contributed by atoms with Crippen LogP contribution in [0.4, 0.5) is 4.39 Å². The molecule has 1 rings (SSSR count). The second-order valence-electron chi connectivity index (χ2n) is 5.23. The van der Waals surface area contributed by atoms with Crippen LogP contribution in [0.2, 0.25) is 0 Å². The first-order chi connectivity index (χ1) is 8.86. The smallest absolute Gasteiger partial charge is 0.239 e. The van der Waals surface area contributed by atoms with E-state index in [0.717, 1.165) is 17.7 Å². The van der Waals surface area contributed by atoms with Crippen molar-refractivity contribution >= 4 is 5.91 Å². The van der Waals surface area contributed by atoms with Gasteiger partial charge in [0, 0.05) is 6.54 Å². The quantitative estimate of drug-likeness (QED) is 0.828. The Morgan fingerprint density at radius 2 is 2.05 bits per heavy atom. The summed E-state index contributed by atoms with van der Waals surface area (Å²) in [4.78, 5) is 12.0. The van der Waals surface area contributed by atoms with Crippen molar-refractivity contribution in [3.05, 3.63) is 35.1 Å². The van der Waals surface area contributed by atoms with Gasteiger partial charge < -0.3 is 10.6 Å². The molecule has 0 aliphatic heterocycles. The van der Waals surface area contributed by atoms with Gasteiger partial charge in [-0.15, -0.1) is 0 Å². The van der Waals surface area contributed by atoms with Crippen molar-refractivity contribution in [1.82, 2.24) is 10.6 Å². The molecule has 19 heavy (non-hydrogen) atoms. The van der Waals surface area contributed by atoms with Crippen LogP contribution in [0.3, 0.4) is 0 Å². The number of halogens is 1. The van der Waals surface area contributed by atoms with Crippen molar-refractivity contribution < 1.29 is 9.18 Å². The molecule has 0 saturated carbocycles. The third kappa shape index (κ3) is 4.63. The lowest BCUT2D eigenvalue weighted by Crippen LogP contribution is -2.52. The molecule has 0 bridgehead atoms. The van der Waals surface area contributed by atoms with Crippen molar-refractivity contribution in [1.29, 1.82) is 0 Å². The standard InChI is InChI=1S/C15H23FN2O/c1-5-18-15(3,4)14(19)17-9-8-12-6-7-13(16)10-11(12)2/h6-7,10,18H,5,8-9H2,1-4H3,(H,17,19). The molecule has 1 aromatic carbocycles. The number of likely N-dealkylation sites (N-methyl/N-ethyl adjacent to an activating group) is 1. The number of carbonyl (C=O) groups is 1. The summed E-state index contributed by atoms with van der Waals surface area (Å²) in [5.41, 5.74) is 1.41. The van der Waals surface area contributed by atoms with Crippen molar-refractivity contribution in [3.63, 3.8) is 0 Å². The molecule has 2 N–H and O–H groups in total. The van der Waals surface area contributed by atoms with Gasteiger partial charge in [-0.2, -0.15) is 0 Å². The van der Waals surface area contributed by atoms with E-state index in [1.807, 2.05) is 27.7 Å². The van der Waals surface area contributed by atoms with E-state index in [9.17, 15) is 9.18 Å². The van der Waals surface area contributed by atoms with Crippen molar-refractivity contribution in [2.45, 2.75) is 39.7 Å². The average molecular weight is 266 g/mol. The van der Waals surface area contributed by atoms with Crippen LogP contribution < -0.4 is 10.6 Å². The van der Waals surface area contributed by atoms with E-state index in [4.69, 9.17) is 0 Å². The van der Waals surface area contributed by atoms with E-state index in [1.165, 1.54) is 12.1 Å². The van der Waals surface area contributed by atoms with Crippen LogP contribution in [0.5, 0.6) is 0 Å². The molecule has 1 amide bonds. The number of benzene rings is 1. The first-order valence-corrected chi connectivity index (χ1v) is 6.65. The molecule has 0 saturated heterocycles. The Kier molecular flexibility index (Phi) is 5.48. The number of carbonyl (C=O) groups excluding carboxylic acids is 1. The van der Waals surface area contributed by atoms with Gasteiger partial charge in [-0.1, -0.05) is 13.0 Å². The molecule has 0 aromatic heterocycles. The molecule has 0 atom stereocenters. The average Bonchev–Trinajstić information content (AvgIpc) is 2.31. The zero-order valence-electron chi connectivity index (χ0n) is 12.1. The molecule has 0 aliphatic rings. The highest BCUT2D eigenvalue weighted by Crippen LogP contribution is 2.10. The van der Waals surface area contributed by atoms with Crippen LogP contribution in [0.1, 0.15) is 31.9 Å². The second-order valence-corrected chi connectivity index (χ2v) is 5.23. The van der Waals surface area contributed by atoms with Gasteiger partial charge in [0.1, 0.15) is 5.82 Å². The summed E-state index contributed by atoms with van der Waals surface area (Å²) in [6, 6.07) is 4.73. The van der Waals surface area contributed by atoms with Gasteiger partial charge in [0.2, 0.25) is 5.91 Å². The van der Waals surface area contributed by atoms with Crippen LogP contribution in [-0.2, 0) is 11.2 Å². The number of nitrogens with one attached hydrogen (secondary N) is 2. The second kappa shape index (κ2) is 6.66. The summed E-state index contributed by atoms with van der Waals surface area (Å²) in [7, 11) is 0. The van der Waals surface area contributed by atoms with Crippen LogP contribution in [0, 0.1) is 12.7 Å². The molecule has 106 valence electrons. The Morgan fingerprint density at radius 3 is 2.63 bits per heavy atom. The summed E-state index contributed by atoms with van der Waals surface area (Å²) in [5, 5.41) is 6.03. The highest BCUT2D eigenvalue weighted by atomic mass is 19.1. The molecule has 0 aliphatic carbocycles. The third-order valence-electron chi connectivity index (χ3n) is 3.17. The van der Waals surface area contributed by atoms with Gasteiger partial charge in [0.25, 0.3) is 0 Å². The van der Waals surface area contributed by atoms with E-state index < -0.39 is 5.54 Å². The number of rotatable bonds is 6. The van der Waals surface area contributed by atoms with E-state index in [-0.39, 0.29) is 11.7 Å². The monoisotopic (exact) mass is 266 g/mol. The number of hydrogen-bond acceptors (Lipinski definition) is 2. The lowest BCUT2D eigenvalue weighted by atomic mass is 10.0. The molecule has 1 aromatic rings. The molecule has 3 nitrogen and oxygen atoms in total. The normalized spacial score (nSPS) is 11.4. The van der Waals surface area contributed by atoms with Gasteiger partial charge in [-0.05, 0) is 57.0 Å². The summed E-state index contributed by atoms with van der Waals surface area (Å²) in [6.07, 6.45) is 0.708. The maximum absolute atomic E-state index is 13.0. The Hall–Kier alpha value is -1.42. The summed E-state index contributed by atoms with van der Waals surface area (Å²) in [6.45, 7) is 8.86. The van der Waals surface area contributed by atoms with E-state index in [0.29, 0.717) is 13.0 Å². The highest BCUT2D eigenvalue weighted by molar-refractivity contribution is 5.85. The highest BCUT2D eigenvalue weighted by Gasteiger charge is 2.25. The number of amides is 1. The fourth-order valence-corrected chi connectivity index (χ4v) is 1.99. The Balaban J connectivity index is 2.48. The lowest BCUT2D eigenvalue weighted by molar-refractivity contribution is -0.126. The zero-order valence-corrected chi connectivity index (χ0v) is 12.1. The molecule has 0 spiro atoms. The summed E-state index contributed by atoms with van der Waals surface area (Å²) >= 11 is 0. The van der Waals surface area contributed by atoms with Gasteiger partial charge in [-0.3, -0.25) is 4.79 Å². The number of aryl methyl sites for hydroxylation is 1. The molecule has 0 radical (unpaired) electrons. The minimum Gasteiger partial charge on any atom is -0.354 e. The molecule has 0 fully saturated rings. The molecule has 0 unspecified atom stereocenters. The van der Waals surface area contributed by atoms with Crippen LogP contribution >= 0.6 is 0 Å². The maximum Gasteiger partial charge on any atom is 0.239 e. The minimum absolute atomic E-state index is 0.0193. The van der Waals surface area contributed by atoms with Crippen LogP contribution in [0.25, 0.3) is 0 Å². The van der Waals surface area contributed by atoms with Gasteiger partial charge in [0.15, 0.2) is 0 Å². The zero-order chi connectivity index (χ0) is 14.5. The lowest BCUT2D eigenvalue weighted by Gasteiger charge is -2.24. The first kappa shape index (κ1) is 15.6. The van der Waals surface area contributed by atoms with Gasteiger partial charge in [-0.25, -0.2) is 4.39 Å². The fourth-order valence-electron chi connectivity index (χ4n) is 1.99. The Bertz CT molecular complexity index is 444. The van der Waals surface area contributed by atoms with Crippen molar-refractivity contribution in [2.24, 2.45) is 0 Å². The van der Waals surface area contributed by atoms with Gasteiger partial charge >= 0.3 is 0 Å². The van der Waals surface area contributed by atoms with Crippen LogP contribution in [-0.4, -0.2) is 24.5 Å². The molecule has 4 heteroatoms. The minimum atomic E-state index is -0.563.